The SMILES string of the molecule is O=C(CCn1cccn1)N1CCC(O)C1. The molecule has 1 aromatic heterocycles. The van der Waals surface area contributed by atoms with E-state index in [2.05, 4.69) is 5.10 Å². The van der Waals surface area contributed by atoms with Crippen LogP contribution in [0, 0.1) is 0 Å². The van der Waals surface area contributed by atoms with Crippen LogP contribution in [-0.4, -0.2) is 44.9 Å². The number of hydrogen-bond donors (Lipinski definition) is 1. The van der Waals surface area contributed by atoms with Crippen LogP contribution in [0.4, 0.5) is 0 Å². The summed E-state index contributed by atoms with van der Waals surface area (Å²) in [6.45, 7) is 1.77. The molecule has 0 spiro atoms. The van der Waals surface area contributed by atoms with Gasteiger partial charge in [0.2, 0.25) is 5.91 Å². The molecular weight excluding hydrogens is 194 g/mol. The van der Waals surface area contributed by atoms with Crippen LogP contribution >= 0.6 is 0 Å². The van der Waals surface area contributed by atoms with Crippen LogP contribution in [0.5, 0.6) is 0 Å². The zero-order valence-electron chi connectivity index (χ0n) is 8.54. The molecule has 5 heteroatoms. The lowest BCUT2D eigenvalue weighted by Crippen LogP contribution is -2.30. The molecule has 1 saturated heterocycles. The van der Waals surface area contributed by atoms with Gasteiger partial charge in [0.1, 0.15) is 0 Å². The smallest absolute Gasteiger partial charge is 0.224 e. The first-order chi connectivity index (χ1) is 7.25. The third kappa shape index (κ3) is 2.56. The number of amides is 1. The zero-order valence-corrected chi connectivity index (χ0v) is 8.54. The van der Waals surface area contributed by atoms with Crippen molar-refractivity contribution >= 4 is 5.91 Å². The molecule has 1 aliphatic heterocycles. The van der Waals surface area contributed by atoms with E-state index >= 15 is 0 Å². The molecular formula is C10H15N3O2. The van der Waals surface area contributed by atoms with E-state index in [0.717, 1.165) is 0 Å². The summed E-state index contributed by atoms with van der Waals surface area (Å²) in [4.78, 5) is 13.4. The molecule has 1 amide bonds. The molecule has 1 atom stereocenters. The zero-order chi connectivity index (χ0) is 10.7. The Morgan fingerprint density at radius 1 is 1.60 bits per heavy atom. The van der Waals surface area contributed by atoms with Crippen molar-refractivity contribution < 1.29 is 9.90 Å². The van der Waals surface area contributed by atoms with Crippen LogP contribution in [-0.2, 0) is 11.3 Å². The Labute approximate surface area is 88.3 Å². The highest BCUT2D eigenvalue weighted by Crippen LogP contribution is 2.10. The Morgan fingerprint density at radius 2 is 2.47 bits per heavy atom. The van der Waals surface area contributed by atoms with Gasteiger partial charge in [-0.05, 0) is 12.5 Å². The van der Waals surface area contributed by atoms with E-state index in [1.54, 1.807) is 15.8 Å². The molecule has 15 heavy (non-hydrogen) atoms. The Bertz CT molecular complexity index is 323. The maximum atomic E-state index is 11.7. The average molecular weight is 209 g/mol. The average Bonchev–Trinajstić information content (AvgIpc) is 2.84. The molecule has 0 radical (unpaired) electrons. The second-order valence-corrected chi connectivity index (χ2v) is 3.80. The molecule has 82 valence electrons. The summed E-state index contributed by atoms with van der Waals surface area (Å²) in [6.07, 6.45) is 4.36. The molecule has 1 aromatic rings. The van der Waals surface area contributed by atoms with Crippen molar-refractivity contribution in [2.24, 2.45) is 0 Å². The monoisotopic (exact) mass is 209 g/mol. The Balaban J connectivity index is 1.78. The van der Waals surface area contributed by atoms with Gasteiger partial charge in [0, 0.05) is 38.4 Å². The highest BCUT2D eigenvalue weighted by atomic mass is 16.3. The van der Waals surface area contributed by atoms with Crippen LogP contribution in [0.2, 0.25) is 0 Å². The molecule has 0 saturated carbocycles. The number of likely N-dealkylation sites (tertiary alicyclic amines) is 1. The minimum absolute atomic E-state index is 0.0991. The molecule has 0 aliphatic carbocycles. The van der Waals surface area contributed by atoms with Gasteiger partial charge in [0.05, 0.1) is 6.10 Å². The molecule has 2 heterocycles. The van der Waals surface area contributed by atoms with Crippen LogP contribution in [0.15, 0.2) is 18.5 Å². The fourth-order valence-corrected chi connectivity index (χ4v) is 1.77. The van der Waals surface area contributed by atoms with E-state index in [0.29, 0.717) is 32.5 Å². The number of carbonyl (C=O) groups is 1. The van der Waals surface area contributed by atoms with Crippen molar-refractivity contribution in [2.45, 2.75) is 25.5 Å². The van der Waals surface area contributed by atoms with Gasteiger partial charge in [-0.3, -0.25) is 9.48 Å². The normalized spacial score (nSPS) is 20.9. The van der Waals surface area contributed by atoms with Crippen molar-refractivity contribution in [3.05, 3.63) is 18.5 Å². The van der Waals surface area contributed by atoms with Crippen molar-refractivity contribution in [1.82, 2.24) is 14.7 Å². The molecule has 5 nitrogen and oxygen atoms in total. The highest BCUT2D eigenvalue weighted by molar-refractivity contribution is 5.76. The number of β-amino-alcohol motifs (C(OH)–C–C–N with tert-alkyl or cyclic N) is 1. The van der Waals surface area contributed by atoms with Gasteiger partial charge in [-0.15, -0.1) is 0 Å². The Hall–Kier alpha value is -1.36. The third-order valence-electron chi connectivity index (χ3n) is 2.63. The van der Waals surface area contributed by atoms with Crippen molar-refractivity contribution in [3.8, 4) is 0 Å². The Morgan fingerprint density at radius 3 is 3.07 bits per heavy atom. The molecule has 1 unspecified atom stereocenters. The van der Waals surface area contributed by atoms with Gasteiger partial charge in [-0.2, -0.15) is 5.10 Å². The van der Waals surface area contributed by atoms with Gasteiger partial charge in [0.25, 0.3) is 0 Å². The van der Waals surface area contributed by atoms with Crippen LogP contribution in [0.1, 0.15) is 12.8 Å². The lowest BCUT2D eigenvalue weighted by atomic mass is 10.3. The number of nitrogens with zero attached hydrogens (tertiary/aromatic N) is 3. The first-order valence-electron chi connectivity index (χ1n) is 5.19. The van der Waals surface area contributed by atoms with E-state index in [-0.39, 0.29) is 12.0 Å². The highest BCUT2D eigenvalue weighted by Gasteiger charge is 2.23. The fraction of sp³-hybridized carbons (Fsp3) is 0.600. The molecule has 2 rings (SSSR count). The maximum Gasteiger partial charge on any atom is 0.224 e. The van der Waals surface area contributed by atoms with Crippen molar-refractivity contribution in [2.75, 3.05) is 13.1 Å². The number of hydrogen-bond acceptors (Lipinski definition) is 3. The maximum absolute atomic E-state index is 11.7. The fourth-order valence-electron chi connectivity index (χ4n) is 1.77. The summed E-state index contributed by atoms with van der Waals surface area (Å²) < 4.78 is 1.74. The lowest BCUT2D eigenvalue weighted by Gasteiger charge is -2.15. The topological polar surface area (TPSA) is 58.4 Å². The number of rotatable bonds is 3. The van der Waals surface area contributed by atoms with E-state index in [9.17, 15) is 9.90 Å². The molecule has 1 aliphatic rings. The molecule has 0 aromatic carbocycles. The number of aliphatic hydroxyl groups is 1. The van der Waals surface area contributed by atoms with Crippen molar-refractivity contribution in [3.63, 3.8) is 0 Å². The second kappa shape index (κ2) is 4.44. The minimum Gasteiger partial charge on any atom is -0.391 e. The number of aliphatic hydroxyl groups excluding tert-OH is 1. The molecule has 1 fully saturated rings. The molecule has 1 N–H and O–H groups in total. The van der Waals surface area contributed by atoms with E-state index in [1.807, 2.05) is 12.3 Å². The summed E-state index contributed by atoms with van der Waals surface area (Å²) in [5.74, 6) is 0.0991. The quantitative estimate of drug-likeness (QED) is 0.754. The number of carbonyl (C=O) groups excluding carboxylic acids is 1. The lowest BCUT2D eigenvalue weighted by molar-refractivity contribution is -0.130. The van der Waals surface area contributed by atoms with E-state index in [4.69, 9.17) is 0 Å². The summed E-state index contributed by atoms with van der Waals surface area (Å²) in [5.41, 5.74) is 0. The number of aromatic nitrogens is 2. The summed E-state index contributed by atoms with van der Waals surface area (Å²) in [7, 11) is 0. The minimum atomic E-state index is -0.335. The summed E-state index contributed by atoms with van der Waals surface area (Å²) >= 11 is 0. The van der Waals surface area contributed by atoms with E-state index in [1.165, 1.54) is 0 Å². The predicted octanol–water partition coefficient (Wildman–Crippen LogP) is -0.134. The standard InChI is InChI=1S/C10H15N3O2/c14-9-2-6-12(8-9)10(15)3-7-13-5-1-4-11-13/h1,4-5,9,14H,2-3,6-8H2. The second-order valence-electron chi connectivity index (χ2n) is 3.80. The Kier molecular flexibility index (Phi) is 3.01. The van der Waals surface area contributed by atoms with Crippen LogP contribution in [0.25, 0.3) is 0 Å². The van der Waals surface area contributed by atoms with Gasteiger partial charge >= 0.3 is 0 Å². The first kappa shape index (κ1) is 10.2. The van der Waals surface area contributed by atoms with Gasteiger partial charge in [-0.25, -0.2) is 0 Å². The predicted molar refractivity (Wildman–Crippen MR) is 54.0 cm³/mol. The van der Waals surface area contributed by atoms with Crippen LogP contribution in [0.3, 0.4) is 0 Å². The third-order valence-corrected chi connectivity index (χ3v) is 2.63. The van der Waals surface area contributed by atoms with Gasteiger partial charge < -0.3 is 10.0 Å². The van der Waals surface area contributed by atoms with Gasteiger partial charge in [-0.1, -0.05) is 0 Å². The first-order valence-corrected chi connectivity index (χ1v) is 5.19. The molecule has 0 bridgehead atoms. The summed E-state index contributed by atoms with van der Waals surface area (Å²) in [5, 5.41) is 13.3. The number of aryl methyl sites for hydroxylation is 1. The largest absolute Gasteiger partial charge is 0.391 e. The van der Waals surface area contributed by atoms with Gasteiger partial charge in [0.15, 0.2) is 0 Å². The van der Waals surface area contributed by atoms with Crippen molar-refractivity contribution in [1.29, 1.82) is 0 Å². The van der Waals surface area contributed by atoms with Crippen LogP contribution < -0.4 is 0 Å². The summed E-state index contributed by atoms with van der Waals surface area (Å²) in [6, 6.07) is 1.84. The van der Waals surface area contributed by atoms with E-state index < -0.39 is 0 Å².